The Morgan fingerprint density at radius 3 is 2.32 bits per heavy atom. The van der Waals surface area contributed by atoms with Crippen LogP contribution in [0.1, 0.15) is 10.4 Å². The largest absolute Gasteiger partial charge is 0.336 e. The lowest BCUT2D eigenvalue weighted by Gasteiger charge is -2.34. The molecule has 3 rings (SSSR count). The molecule has 2 aromatic carbocycles. The second-order valence-corrected chi connectivity index (χ2v) is 8.75. The zero-order valence-corrected chi connectivity index (χ0v) is 16.7. The molecule has 0 radical (unpaired) electrons. The predicted molar refractivity (Wildman–Crippen MR) is 104 cm³/mol. The van der Waals surface area contributed by atoms with Gasteiger partial charge in [0.05, 0.1) is 15.0 Å². The minimum absolute atomic E-state index is 0.0423. The molecule has 28 heavy (non-hydrogen) atoms. The summed E-state index contributed by atoms with van der Waals surface area (Å²) < 4.78 is 26.9. The van der Waals surface area contributed by atoms with Crippen molar-refractivity contribution >= 4 is 44.8 Å². The molecule has 0 spiro atoms. The summed E-state index contributed by atoms with van der Waals surface area (Å²) in [5.41, 5.74) is 0.00561. The number of hydrogen-bond acceptors (Lipinski definition) is 5. The molecule has 11 heteroatoms. The van der Waals surface area contributed by atoms with Gasteiger partial charge in [-0.3, -0.25) is 14.9 Å². The fraction of sp³-hybridized carbons (Fsp3) is 0.235. The molecule has 1 fully saturated rings. The normalized spacial score (nSPS) is 15.4. The summed E-state index contributed by atoms with van der Waals surface area (Å²) in [6.45, 7) is 0.454. The van der Waals surface area contributed by atoms with E-state index >= 15 is 0 Å². The molecular formula is C17H15Cl2N3O5S. The monoisotopic (exact) mass is 443 g/mol. The molecule has 148 valence electrons. The third-order valence-corrected chi connectivity index (χ3v) is 7.24. The lowest BCUT2D eigenvalue weighted by molar-refractivity contribution is -0.384. The minimum atomic E-state index is -3.86. The number of rotatable bonds is 4. The molecule has 1 saturated heterocycles. The van der Waals surface area contributed by atoms with Crippen molar-refractivity contribution in [3.05, 3.63) is 68.2 Å². The maximum atomic E-state index is 12.8. The highest BCUT2D eigenvalue weighted by Crippen LogP contribution is 2.31. The van der Waals surface area contributed by atoms with Crippen molar-refractivity contribution in [2.45, 2.75) is 4.90 Å². The molecule has 0 bridgehead atoms. The van der Waals surface area contributed by atoms with Gasteiger partial charge >= 0.3 is 0 Å². The first kappa shape index (κ1) is 20.5. The average molecular weight is 444 g/mol. The molecule has 0 N–H and O–H groups in total. The maximum absolute atomic E-state index is 12.8. The lowest BCUT2D eigenvalue weighted by atomic mass is 10.1. The molecule has 1 amide bonds. The van der Waals surface area contributed by atoms with E-state index in [1.54, 1.807) is 0 Å². The SMILES string of the molecule is O=C(c1cccc([N+](=O)[O-])c1)N1CCN(S(=O)(=O)c2cccc(Cl)c2Cl)CC1. The summed E-state index contributed by atoms with van der Waals surface area (Å²) in [7, 11) is -3.86. The first-order valence-corrected chi connectivity index (χ1v) is 10.4. The molecule has 1 aliphatic heterocycles. The van der Waals surface area contributed by atoms with Crippen LogP contribution in [-0.4, -0.2) is 54.6 Å². The molecule has 0 atom stereocenters. The van der Waals surface area contributed by atoms with E-state index in [-0.39, 0.29) is 58.3 Å². The Balaban J connectivity index is 1.74. The summed E-state index contributed by atoms with van der Waals surface area (Å²) in [6.07, 6.45) is 0. The summed E-state index contributed by atoms with van der Waals surface area (Å²) in [6, 6.07) is 9.82. The third kappa shape index (κ3) is 3.97. The first-order chi connectivity index (χ1) is 13.2. The van der Waals surface area contributed by atoms with Crippen LogP contribution in [0.4, 0.5) is 5.69 Å². The zero-order valence-electron chi connectivity index (χ0n) is 14.4. The minimum Gasteiger partial charge on any atom is -0.336 e. The van der Waals surface area contributed by atoms with E-state index in [1.165, 1.54) is 51.7 Å². The number of benzene rings is 2. The van der Waals surface area contributed by atoms with Gasteiger partial charge in [-0.1, -0.05) is 35.3 Å². The van der Waals surface area contributed by atoms with Crippen molar-refractivity contribution in [2.75, 3.05) is 26.2 Å². The average Bonchev–Trinajstić information content (AvgIpc) is 2.69. The van der Waals surface area contributed by atoms with Crippen LogP contribution in [0, 0.1) is 10.1 Å². The summed E-state index contributed by atoms with van der Waals surface area (Å²) in [5.74, 6) is -0.387. The van der Waals surface area contributed by atoms with Gasteiger partial charge < -0.3 is 4.90 Å². The number of sulfonamides is 1. The number of hydrogen-bond donors (Lipinski definition) is 0. The number of nitro groups is 1. The number of piperazine rings is 1. The van der Waals surface area contributed by atoms with E-state index in [0.29, 0.717) is 0 Å². The lowest BCUT2D eigenvalue weighted by Crippen LogP contribution is -2.50. The number of nitro benzene ring substituents is 1. The standard InChI is InChI=1S/C17H15Cl2N3O5S/c18-14-5-2-6-15(16(14)19)28(26,27)21-9-7-20(8-10-21)17(23)12-3-1-4-13(11-12)22(24)25/h1-6,11H,7-10H2. The molecule has 0 unspecified atom stereocenters. The van der Waals surface area contributed by atoms with E-state index in [0.717, 1.165) is 0 Å². The number of halogens is 2. The van der Waals surface area contributed by atoms with Gasteiger partial charge in [-0.05, 0) is 18.2 Å². The second-order valence-electron chi connectivity index (χ2n) is 6.06. The van der Waals surface area contributed by atoms with Gasteiger partial charge in [-0.15, -0.1) is 0 Å². The van der Waals surface area contributed by atoms with Gasteiger partial charge in [0.1, 0.15) is 4.90 Å². The number of carbonyl (C=O) groups excluding carboxylic acids is 1. The molecule has 1 heterocycles. The Hall–Kier alpha value is -2.20. The van der Waals surface area contributed by atoms with Crippen LogP contribution in [0.2, 0.25) is 10.0 Å². The van der Waals surface area contributed by atoms with Gasteiger partial charge in [0.2, 0.25) is 10.0 Å². The van der Waals surface area contributed by atoms with Crippen molar-refractivity contribution in [3.8, 4) is 0 Å². The predicted octanol–water partition coefficient (Wildman–Crippen LogP) is 3.05. The smallest absolute Gasteiger partial charge is 0.270 e. The Labute approximate surface area is 171 Å². The van der Waals surface area contributed by atoms with E-state index in [1.807, 2.05) is 0 Å². The third-order valence-electron chi connectivity index (χ3n) is 4.36. The quantitative estimate of drug-likeness (QED) is 0.533. The van der Waals surface area contributed by atoms with Crippen LogP contribution >= 0.6 is 23.2 Å². The van der Waals surface area contributed by atoms with Crippen LogP contribution < -0.4 is 0 Å². The van der Waals surface area contributed by atoms with Crippen molar-refractivity contribution < 1.29 is 18.1 Å². The molecule has 0 saturated carbocycles. The van der Waals surface area contributed by atoms with E-state index in [4.69, 9.17) is 23.2 Å². The Kier molecular flexibility index (Phi) is 5.90. The number of carbonyl (C=O) groups is 1. The molecule has 1 aliphatic rings. The second kappa shape index (κ2) is 8.04. The molecular weight excluding hydrogens is 429 g/mol. The van der Waals surface area contributed by atoms with Gasteiger partial charge in [-0.25, -0.2) is 8.42 Å². The van der Waals surface area contributed by atoms with Gasteiger partial charge in [0.25, 0.3) is 11.6 Å². The molecule has 0 aliphatic carbocycles. The number of nitrogens with zero attached hydrogens (tertiary/aromatic N) is 3. The Morgan fingerprint density at radius 2 is 1.68 bits per heavy atom. The fourth-order valence-electron chi connectivity index (χ4n) is 2.89. The van der Waals surface area contributed by atoms with Crippen LogP contribution in [-0.2, 0) is 10.0 Å². The van der Waals surface area contributed by atoms with Crippen LogP contribution in [0.25, 0.3) is 0 Å². The Bertz CT molecular complexity index is 1040. The van der Waals surface area contributed by atoms with E-state index in [2.05, 4.69) is 0 Å². The highest BCUT2D eigenvalue weighted by molar-refractivity contribution is 7.89. The first-order valence-electron chi connectivity index (χ1n) is 8.19. The van der Waals surface area contributed by atoms with E-state index in [9.17, 15) is 23.3 Å². The van der Waals surface area contributed by atoms with Crippen molar-refractivity contribution in [2.24, 2.45) is 0 Å². The molecule has 8 nitrogen and oxygen atoms in total. The van der Waals surface area contributed by atoms with Crippen LogP contribution in [0.15, 0.2) is 47.4 Å². The highest BCUT2D eigenvalue weighted by Gasteiger charge is 2.32. The topological polar surface area (TPSA) is 101 Å². The van der Waals surface area contributed by atoms with Crippen molar-refractivity contribution in [1.82, 2.24) is 9.21 Å². The fourth-order valence-corrected chi connectivity index (χ4v) is 5.05. The van der Waals surface area contributed by atoms with Gasteiger partial charge in [-0.2, -0.15) is 4.31 Å². The summed E-state index contributed by atoms with van der Waals surface area (Å²) >= 11 is 11.9. The van der Waals surface area contributed by atoms with Crippen molar-refractivity contribution in [1.29, 1.82) is 0 Å². The molecule has 0 aromatic heterocycles. The van der Waals surface area contributed by atoms with Crippen molar-refractivity contribution in [3.63, 3.8) is 0 Å². The van der Waals surface area contributed by atoms with E-state index < -0.39 is 14.9 Å². The molecule has 2 aromatic rings. The summed E-state index contributed by atoms with van der Waals surface area (Å²) in [5, 5.41) is 11.0. The number of non-ortho nitro benzene ring substituents is 1. The van der Waals surface area contributed by atoms with Crippen LogP contribution in [0.5, 0.6) is 0 Å². The Morgan fingerprint density at radius 1 is 1.04 bits per heavy atom. The highest BCUT2D eigenvalue weighted by atomic mass is 35.5. The zero-order chi connectivity index (χ0) is 20.5. The van der Waals surface area contributed by atoms with Gasteiger partial charge in [0.15, 0.2) is 0 Å². The summed E-state index contributed by atoms with van der Waals surface area (Å²) in [4.78, 5) is 24.3. The maximum Gasteiger partial charge on any atom is 0.270 e. The van der Waals surface area contributed by atoms with Gasteiger partial charge in [0, 0.05) is 43.9 Å². The van der Waals surface area contributed by atoms with Crippen LogP contribution in [0.3, 0.4) is 0 Å². The number of amides is 1.